The minimum atomic E-state index is -0.214. The Balaban J connectivity index is 1.77. The number of hydrogen-bond donors (Lipinski definition) is 0. The molecule has 1 aliphatic carbocycles. The van der Waals surface area contributed by atoms with Crippen LogP contribution in [0.15, 0.2) is 22.7 Å². The maximum absolute atomic E-state index is 12.9. The lowest BCUT2D eigenvalue weighted by atomic mass is 10.0. The van der Waals surface area contributed by atoms with Crippen molar-refractivity contribution in [2.75, 3.05) is 6.61 Å². The Morgan fingerprint density at radius 1 is 1.17 bits per heavy atom. The first-order chi connectivity index (χ1) is 8.75. The molecule has 0 aromatic heterocycles. The highest BCUT2D eigenvalue weighted by atomic mass is 79.9. The molecule has 0 N–H and O–H groups in total. The quantitative estimate of drug-likeness (QED) is 0.704. The highest BCUT2D eigenvalue weighted by molar-refractivity contribution is 9.10. The van der Waals surface area contributed by atoms with Crippen molar-refractivity contribution in [2.24, 2.45) is 5.92 Å². The molecule has 1 nitrogen and oxygen atoms in total. The van der Waals surface area contributed by atoms with Gasteiger partial charge in [-0.3, -0.25) is 0 Å². The molecule has 0 heterocycles. The Bertz CT molecular complexity index is 373. The van der Waals surface area contributed by atoms with E-state index >= 15 is 0 Å². The summed E-state index contributed by atoms with van der Waals surface area (Å²) in [6.07, 6.45) is 8.03. The van der Waals surface area contributed by atoms with Crippen molar-refractivity contribution in [1.29, 1.82) is 0 Å². The van der Waals surface area contributed by atoms with E-state index in [2.05, 4.69) is 15.9 Å². The highest BCUT2D eigenvalue weighted by Crippen LogP contribution is 2.24. The van der Waals surface area contributed by atoms with Crippen molar-refractivity contribution in [3.63, 3.8) is 0 Å². The summed E-state index contributed by atoms with van der Waals surface area (Å²) in [4.78, 5) is 0. The van der Waals surface area contributed by atoms with E-state index in [-0.39, 0.29) is 5.82 Å². The van der Waals surface area contributed by atoms with Gasteiger partial charge in [0, 0.05) is 11.1 Å². The predicted octanol–water partition coefficient (Wildman–Crippen LogP) is 5.08. The number of hydrogen-bond acceptors (Lipinski definition) is 1. The number of halogens is 2. The molecule has 3 heteroatoms. The molecule has 2 rings (SSSR count). The second-order valence-electron chi connectivity index (χ2n) is 5.11. The van der Waals surface area contributed by atoms with E-state index in [9.17, 15) is 4.39 Å². The lowest BCUT2D eigenvalue weighted by molar-refractivity contribution is 0.0815. The van der Waals surface area contributed by atoms with E-state index in [1.165, 1.54) is 50.7 Å². The zero-order valence-electron chi connectivity index (χ0n) is 10.6. The predicted molar refractivity (Wildman–Crippen MR) is 74.9 cm³/mol. The van der Waals surface area contributed by atoms with Crippen LogP contribution in [0.25, 0.3) is 0 Å². The second-order valence-corrected chi connectivity index (χ2v) is 5.96. The van der Waals surface area contributed by atoms with Crippen LogP contribution in [0.4, 0.5) is 4.39 Å². The van der Waals surface area contributed by atoms with Crippen LogP contribution in [0.5, 0.6) is 0 Å². The van der Waals surface area contributed by atoms with Crippen molar-refractivity contribution in [3.8, 4) is 0 Å². The normalized spacial score (nSPS) is 17.7. The van der Waals surface area contributed by atoms with Gasteiger partial charge in [-0.25, -0.2) is 4.39 Å². The molecule has 1 aromatic carbocycles. The van der Waals surface area contributed by atoms with Gasteiger partial charge in [-0.2, -0.15) is 0 Å². The average molecular weight is 315 g/mol. The third-order valence-corrected chi connectivity index (χ3v) is 4.34. The van der Waals surface area contributed by atoms with Crippen LogP contribution < -0.4 is 0 Å². The van der Waals surface area contributed by atoms with E-state index in [1.807, 2.05) is 0 Å². The topological polar surface area (TPSA) is 9.23 Å². The lowest BCUT2D eigenvalue weighted by Crippen LogP contribution is -2.09. The minimum absolute atomic E-state index is 0.214. The van der Waals surface area contributed by atoms with Crippen LogP contribution in [-0.2, 0) is 11.3 Å². The number of rotatable bonds is 4. The van der Waals surface area contributed by atoms with Crippen LogP contribution in [0, 0.1) is 11.7 Å². The van der Waals surface area contributed by atoms with Crippen LogP contribution in [-0.4, -0.2) is 6.61 Å². The molecule has 1 aromatic rings. The van der Waals surface area contributed by atoms with Gasteiger partial charge in [-0.15, -0.1) is 0 Å². The Kier molecular flexibility index (Phi) is 5.64. The van der Waals surface area contributed by atoms with E-state index < -0.39 is 0 Å². The SMILES string of the molecule is Fc1ccc(COCC2CCCCCC2)c(Br)c1. The van der Waals surface area contributed by atoms with Gasteiger partial charge >= 0.3 is 0 Å². The van der Waals surface area contributed by atoms with E-state index in [0.717, 1.165) is 16.6 Å². The van der Waals surface area contributed by atoms with Gasteiger partial charge in [-0.05, 0) is 36.5 Å². The fourth-order valence-corrected chi connectivity index (χ4v) is 2.97. The van der Waals surface area contributed by atoms with E-state index in [4.69, 9.17) is 4.74 Å². The van der Waals surface area contributed by atoms with Gasteiger partial charge in [-0.1, -0.05) is 47.7 Å². The Morgan fingerprint density at radius 3 is 2.56 bits per heavy atom. The largest absolute Gasteiger partial charge is 0.376 e. The summed E-state index contributed by atoms with van der Waals surface area (Å²) < 4.78 is 19.5. The Hall–Kier alpha value is -0.410. The molecule has 1 saturated carbocycles. The lowest BCUT2D eigenvalue weighted by Gasteiger charge is -2.14. The maximum atomic E-state index is 12.9. The van der Waals surface area contributed by atoms with Crippen LogP contribution in [0.2, 0.25) is 0 Å². The minimum Gasteiger partial charge on any atom is -0.376 e. The second kappa shape index (κ2) is 7.25. The van der Waals surface area contributed by atoms with Gasteiger partial charge in [0.1, 0.15) is 5.82 Å². The summed E-state index contributed by atoms with van der Waals surface area (Å²) in [5.41, 5.74) is 1.02. The fraction of sp³-hybridized carbons (Fsp3) is 0.600. The molecule has 0 atom stereocenters. The average Bonchev–Trinajstić information content (AvgIpc) is 2.60. The highest BCUT2D eigenvalue weighted by Gasteiger charge is 2.12. The molecule has 0 saturated heterocycles. The van der Waals surface area contributed by atoms with Crippen LogP contribution in [0.3, 0.4) is 0 Å². The third kappa shape index (κ3) is 4.36. The van der Waals surface area contributed by atoms with Gasteiger partial charge in [0.2, 0.25) is 0 Å². The molecule has 0 aliphatic heterocycles. The van der Waals surface area contributed by atoms with Crippen molar-refractivity contribution in [1.82, 2.24) is 0 Å². The maximum Gasteiger partial charge on any atom is 0.124 e. The van der Waals surface area contributed by atoms with Crippen LogP contribution in [0.1, 0.15) is 44.1 Å². The molecular weight excluding hydrogens is 295 g/mol. The molecule has 100 valence electrons. The summed E-state index contributed by atoms with van der Waals surface area (Å²) in [7, 11) is 0. The zero-order valence-corrected chi connectivity index (χ0v) is 12.2. The summed E-state index contributed by atoms with van der Waals surface area (Å²) in [5.74, 6) is 0.501. The monoisotopic (exact) mass is 314 g/mol. The van der Waals surface area contributed by atoms with Crippen molar-refractivity contribution >= 4 is 15.9 Å². The smallest absolute Gasteiger partial charge is 0.124 e. The van der Waals surface area contributed by atoms with Gasteiger partial charge in [0.05, 0.1) is 6.61 Å². The molecule has 0 unspecified atom stereocenters. The summed E-state index contributed by atoms with van der Waals surface area (Å²) >= 11 is 3.37. The van der Waals surface area contributed by atoms with Gasteiger partial charge in [0.15, 0.2) is 0 Å². The zero-order chi connectivity index (χ0) is 12.8. The Labute approximate surface area is 117 Å². The van der Waals surface area contributed by atoms with Crippen molar-refractivity contribution < 1.29 is 9.13 Å². The standard InChI is InChI=1S/C15H20BrFO/c16-15-9-14(17)8-7-13(15)11-18-10-12-5-3-1-2-4-6-12/h7-9,12H,1-6,10-11H2. The van der Waals surface area contributed by atoms with Gasteiger partial charge < -0.3 is 4.74 Å². The molecule has 1 fully saturated rings. The van der Waals surface area contributed by atoms with Crippen molar-refractivity contribution in [3.05, 3.63) is 34.1 Å². The number of benzene rings is 1. The Morgan fingerprint density at radius 2 is 1.89 bits per heavy atom. The van der Waals surface area contributed by atoms with Crippen molar-refractivity contribution in [2.45, 2.75) is 45.1 Å². The first-order valence-corrected chi connectivity index (χ1v) is 7.56. The van der Waals surface area contributed by atoms with E-state index in [0.29, 0.717) is 12.5 Å². The van der Waals surface area contributed by atoms with Crippen LogP contribution >= 0.6 is 15.9 Å². The first-order valence-electron chi connectivity index (χ1n) is 6.77. The summed E-state index contributed by atoms with van der Waals surface area (Å²) in [5, 5.41) is 0. The summed E-state index contributed by atoms with van der Waals surface area (Å²) in [6.45, 7) is 1.40. The molecule has 0 bridgehead atoms. The van der Waals surface area contributed by atoms with E-state index in [1.54, 1.807) is 6.07 Å². The molecule has 18 heavy (non-hydrogen) atoms. The first kappa shape index (κ1) is 14.0. The molecule has 0 spiro atoms. The van der Waals surface area contributed by atoms with Gasteiger partial charge in [0.25, 0.3) is 0 Å². The molecule has 0 radical (unpaired) electrons. The third-order valence-electron chi connectivity index (χ3n) is 3.60. The summed E-state index contributed by atoms with van der Waals surface area (Å²) in [6, 6.07) is 4.76. The fourth-order valence-electron chi connectivity index (χ4n) is 2.50. The molecule has 1 aliphatic rings. The number of ether oxygens (including phenoxy) is 1. The molecule has 0 amide bonds. The molecular formula is C15H20BrFO.